The van der Waals surface area contributed by atoms with Gasteiger partial charge in [-0.05, 0) is 25.0 Å². The molecule has 0 atom stereocenters. The SMILES string of the molecule is COc1cccc(C#N)c1NS(=O)(=O)N1CCCCCC1. The number of nitrogens with zero attached hydrogens (tertiary/aromatic N) is 2. The van der Waals surface area contributed by atoms with Gasteiger partial charge in [-0.25, -0.2) is 0 Å². The van der Waals surface area contributed by atoms with Crippen molar-refractivity contribution in [3.05, 3.63) is 23.8 Å². The molecule has 21 heavy (non-hydrogen) atoms. The fourth-order valence-electron chi connectivity index (χ4n) is 2.38. The number of nitrogens with one attached hydrogen (secondary N) is 1. The quantitative estimate of drug-likeness (QED) is 0.923. The molecule has 0 aromatic heterocycles. The first kappa shape index (κ1) is 15.6. The van der Waals surface area contributed by atoms with Crippen LogP contribution in [-0.4, -0.2) is 32.9 Å². The van der Waals surface area contributed by atoms with Crippen LogP contribution >= 0.6 is 0 Å². The third kappa shape index (κ3) is 3.65. The summed E-state index contributed by atoms with van der Waals surface area (Å²) in [7, 11) is -2.23. The first-order chi connectivity index (χ1) is 10.1. The van der Waals surface area contributed by atoms with Crippen molar-refractivity contribution < 1.29 is 13.2 Å². The molecule has 1 aliphatic rings. The van der Waals surface area contributed by atoms with E-state index in [1.54, 1.807) is 18.2 Å². The van der Waals surface area contributed by atoms with Gasteiger partial charge in [0.25, 0.3) is 0 Å². The average Bonchev–Trinajstić information content (AvgIpc) is 2.76. The van der Waals surface area contributed by atoms with Crippen LogP contribution in [0.25, 0.3) is 0 Å². The molecule has 7 heteroatoms. The number of methoxy groups -OCH3 is 1. The summed E-state index contributed by atoms with van der Waals surface area (Å²) in [4.78, 5) is 0. The van der Waals surface area contributed by atoms with E-state index >= 15 is 0 Å². The summed E-state index contributed by atoms with van der Waals surface area (Å²) in [5.74, 6) is 0.340. The Labute approximate surface area is 125 Å². The first-order valence-electron chi connectivity index (χ1n) is 6.93. The van der Waals surface area contributed by atoms with Crippen LogP contribution in [0.15, 0.2) is 18.2 Å². The highest BCUT2D eigenvalue weighted by molar-refractivity contribution is 7.90. The minimum absolute atomic E-state index is 0.201. The fourth-order valence-corrected chi connectivity index (χ4v) is 3.71. The van der Waals surface area contributed by atoms with Crippen molar-refractivity contribution in [3.8, 4) is 11.8 Å². The number of hydrogen-bond acceptors (Lipinski definition) is 4. The molecule has 1 saturated heterocycles. The van der Waals surface area contributed by atoms with Crippen LogP contribution in [0.1, 0.15) is 31.2 Å². The van der Waals surface area contributed by atoms with Crippen LogP contribution in [0.4, 0.5) is 5.69 Å². The van der Waals surface area contributed by atoms with Crippen molar-refractivity contribution >= 4 is 15.9 Å². The van der Waals surface area contributed by atoms with E-state index in [1.165, 1.54) is 11.4 Å². The van der Waals surface area contributed by atoms with Gasteiger partial charge in [0.1, 0.15) is 17.5 Å². The van der Waals surface area contributed by atoms with E-state index in [1.807, 2.05) is 6.07 Å². The summed E-state index contributed by atoms with van der Waals surface area (Å²) in [5.41, 5.74) is 0.444. The summed E-state index contributed by atoms with van der Waals surface area (Å²) in [6.45, 7) is 1.01. The molecule has 1 heterocycles. The van der Waals surface area contributed by atoms with Gasteiger partial charge in [-0.3, -0.25) is 4.72 Å². The van der Waals surface area contributed by atoms with Gasteiger partial charge in [-0.1, -0.05) is 18.9 Å². The van der Waals surface area contributed by atoms with E-state index in [2.05, 4.69) is 4.72 Å². The summed E-state index contributed by atoms with van der Waals surface area (Å²) in [6, 6.07) is 6.82. The van der Waals surface area contributed by atoms with E-state index in [4.69, 9.17) is 10.00 Å². The molecule has 1 N–H and O–H groups in total. The maximum absolute atomic E-state index is 12.5. The molecule has 0 saturated carbocycles. The monoisotopic (exact) mass is 309 g/mol. The second-order valence-corrected chi connectivity index (χ2v) is 6.59. The highest BCUT2D eigenvalue weighted by Crippen LogP contribution is 2.29. The number of ether oxygens (including phenoxy) is 1. The van der Waals surface area contributed by atoms with Crippen LogP contribution in [0, 0.1) is 11.3 Å². The van der Waals surface area contributed by atoms with E-state index in [9.17, 15) is 8.42 Å². The molecular formula is C14H19N3O3S. The summed E-state index contributed by atoms with van der Waals surface area (Å²) < 4.78 is 34.1. The van der Waals surface area contributed by atoms with Crippen LogP contribution < -0.4 is 9.46 Å². The second kappa shape index (κ2) is 6.78. The maximum atomic E-state index is 12.5. The predicted molar refractivity (Wildman–Crippen MR) is 80.3 cm³/mol. The Morgan fingerprint density at radius 2 is 1.90 bits per heavy atom. The lowest BCUT2D eigenvalue weighted by atomic mass is 10.2. The van der Waals surface area contributed by atoms with E-state index in [0.29, 0.717) is 18.8 Å². The van der Waals surface area contributed by atoms with Crippen LogP contribution in [0.5, 0.6) is 5.75 Å². The molecule has 2 rings (SSSR count). The summed E-state index contributed by atoms with van der Waals surface area (Å²) >= 11 is 0. The highest BCUT2D eigenvalue weighted by atomic mass is 32.2. The molecule has 0 unspecified atom stereocenters. The zero-order valence-corrected chi connectivity index (χ0v) is 12.8. The zero-order valence-electron chi connectivity index (χ0n) is 12.0. The topological polar surface area (TPSA) is 82.4 Å². The maximum Gasteiger partial charge on any atom is 0.301 e. The van der Waals surface area contributed by atoms with Crippen molar-refractivity contribution in [3.63, 3.8) is 0 Å². The zero-order chi connectivity index (χ0) is 15.3. The third-order valence-electron chi connectivity index (χ3n) is 3.50. The molecule has 0 radical (unpaired) electrons. The Kier molecular flexibility index (Phi) is 5.04. The smallest absolute Gasteiger partial charge is 0.301 e. The number of nitriles is 1. The Hall–Kier alpha value is -1.78. The standard InChI is InChI=1S/C14H19N3O3S/c1-20-13-8-6-7-12(11-15)14(13)16-21(18,19)17-9-4-2-3-5-10-17/h6-8,16H,2-5,9-10H2,1H3. The lowest BCUT2D eigenvalue weighted by molar-refractivity contribution is 0.414. The van der Waals surface area contributed by atoms with Gasteiger partial charge in [0.2, 0.25) is 0 Å². The van der Waals surface area contributed by atoms with Gasteiger partial charge in [-0.2, -0.15) is 18.0 Å². The summed E-state index contributed by atoms with van der Waals surface area (Å²) in [5, 5.41) is 9.14. The highest BCUT2D eigenvalue weighted by Gasteiger charge is 2.25. The van der Waals surface area contributed by atoms with Crippen molar-refractivity contribution in [1.29, 1.82) is 5.26 Å². The molecular weight excluding hydrogens is 290 g/mol. The molecule has 0 amide bonds. The molecule has 6 nitrogen and oxygen atoms in total. The number of rotatable bonds is 4. The molecule has 1 fully saturated rings. The molecule has 1 aromatic carbocycles. The Balaban J connectivity index is 2.30. The summed E-state index contributed by atoms with van der Waals surface area (Å²) in [6.07, 6.45) is 3.81. The average molecular weight is 309 g/mol. The first-order valence-corrected chi connectivity index (χ1v) is 8.37. The Bertz CT molecular complexity index is 629. The minimum atomic E-state index is -3.67. The molecule has 0 bridgehead atoms. The second-order valence-electron chi connectivity index (χ2n) is 4.91. The van der Waals surface area contributed by atoms with Gasteiger partial charge in [0, 0.05) is 13.1 Å². The predicted octanol–water partition coefficient (Wildman–Crippen LogP) is 2.10. The number of para-hydroxylation sites is 1. The van der Waals surface area contributed by atoms with Crippen molar-refractivity contribution in [2.45, 2.75) is 25.7 Å². The lowest BCUT2D eigenvalue weighted by Crippen LogP contribution is -2.36. The lowest BCUT2D eigenvalue weighted by Gasteiger charge is -2.22. The van der Waals surface area contributed by atoms with Gasteiger partial charge < -0.3 is 4.74 Å². The normalized spacial score (nSPS) is 16.8. The minimum Gasteiger partial charge on any atom is -0.495 e. The van der Waals surface area contributed by atoms with Crippen molar-refractivity contribution in [2.24, 2.45) is 0 Å². The third-order valence-corrected chi connectivity index (χ3v) is 5.01. The molecule has 1 aromatic rings. The van der Waals surface area contributed by atoms with Gasteiger partial charge in [-0.15, -0.1) is 0 Å². The van der Waals surface area contributed by atoms with Gasteiger partial charge in [0.05, 0.1) is 12.7 Å². The molecule has 0 spiro atoms. The Morgan fingerprint density at radius 3 is 2.48 bits per heavy atom. The van der Waals surface area contributed by atoms with Crippen LogP contribution in [-0.2, 0) is 10.2 Å². The van der Waals surface area contributed by atoms with E-state index < -0.39 is 10.2 Å². The van der Waals surface area contributed by atoms with Crippen LogP contribution in [0.3, 0.4) is 0 Å². The number of benzene rings is 1. The van der Waals surface area contributed by atoms with Crippen molar-refractivity contribution in [1.82, 2.24) is 4.31 Å². The Morgan fingerprint density at radius 1 is 1.24 bits per heavy atom. The molecule has 0 aliphatic carbocycles. The largest absolute Gasteiger partial charge is 0.495 e. The molecule has 1 aliphatic heterocycles. The van der Waals surface area contributed by atoms with Crippen LogP contribution in [0.2, 0.25) is 0 Å². The number of anilines is 1. The van der Waals surface area contributed by atoms with E-state index in [0.717, 1.165) is 25.7 Å². The van der Waals surface area contributed by atoms with Gasteiger partial charge in [0.15, 0.2) is 0 Å². The van der Waals surface area contributed by atoms with E-state index in [-0.39, 0.29) is 11.3 Å². The van der Waals surface area contributed by atoms with Gasteiger partial charge >= 0.3 is 10.2 Å². The fraction of sp³-hybridized carbons (Fsp3) is 0.500. The number of hydrogen-bond donors (Lipinski definition) is 1. The van der Waals surface area contributed by atoms with Crippen molar-refractivity contribution in [2.75, 3.05) is 24.9 Å². The molecule has 114 valence electrons.